The summed E-state index contributed by atoms with van der Waals surface area (Å²) >= 11 is 0. The second-order valence-electron chi connectivity index (χ2n) is 9.05. The van der Waals surface area contributed by atoms with Crippen molar-refractivity contribution in [2.75, 3.05) is 13.7 Å². The first-order valence-electron chi connectivity index (χ1n) is 12.9. The summed E-state index contributed by atoms with van der Waals surface area (Å²) in [6.07, 6.45) is 4.50. The molecule has 8 nitrogen and oxygen atoms in total. The summed E-state index contributed by atoms with van der Waals surface area (Å²) in [5, 5.41) is 14.1. The number of nitrogens with zero attached hydrogens (tertiary/aromatic N) is 4. The summed E-state index contributed by atoms with van der Waals surface area (Å²) in [7, 11) is 1.60. The molecule has 196 valence electrons. The van der Waals surface area contributed by atoms with E-state index in [1.54, 1.807) is 49.6 Å². The molecule has 0 aliphatic carbocycles. The number of benzene rings is 3. The number of methoxy groups -OCH3 is 1. The lowest BCUT2D eigenvalue weighted by Gasteiger charge is -2.16. The lowest BCUT2D eigenvalue weighted by Crippen LogP contribution is -2.11. The van der Waals surface area contributed by atoms with Gasteiger partial charge in [-0.15, -0.1) is 4.91 Å². The van der Waals surface area contributed by atoms with Crippen LogP contribution in [0.5, 0.6) is 17.2 Å². The summed E-state index contributed by atoms with van der Waals surface area (Å²) in [6.45, 7) is 4.95. The van der Waals surface area contributed by atoms with E-state index in [0.717, 1.165) is 24.8 Å². The lowest BCUT2D eigenvalue weighted by molar-refractivity contribution is 0.232. The second-order valence-corrected chi connectivity index (χ2v) is 9.05. The van der Waals surface area contributed by atoms with Crippen molar-refractivity contribution in [2.45, 2.75) is 39.5 Å². The van der Waals surface area contributed by atoms with E-state index in [1.165, 1.54) is 6.42 Å². The zero-order chi connectivity index (χ0) is 26.9. The van der Waals surface area contributed by atoms with Gasteiger partial charge in [-0.05, 0) is 66.0 Å². The first-order valence-corrected chi connectivity index (χ1v) is 12.9. The van der Waals surface area contributed by atoms with Crippen LogP contribution in [-0.2, 0) is 0 Å². The molecule has 4 rings (SSSR count). The normalized spacial score (nSPS) is 11.7. The van der Waals surface area contributed by atoms with E-state index in [9.17, 15) is 10.0 Å². The fourth-order valence-corrected chi connectivity index (χ4v) is 4.13. The Labute approximate surface area is 222 Å². The predicted octanol–water partition coefficient (Wildman–Crippen LogP) is 7.58. The number of hydrogen-bond donors (Lipinski definition) is 1. The number of aromatic hydroxyl groups is 1. The van der Waals surface area contributed by atoms with Gasteiger partial charge in [0, 0.05) is 17.2 Å². The van der Waals surface area contributed by atoms with Crippen LogP contribution in [0, 0.1) is 10.8 Å². The van der Waals surface area contributed by atoms with Crippen LogP contribution in [0.15, 0.2) is 71.9 Å². The Balaban J connectivity index is 1.72. The molecule has 0 bridgehead atoms. The Morgan fingerprint density at radius 1 is 0.868 bits per heavy atom. The van der Waals surface area contributed by atoms with E-state index in [2.05, 4.69) is 34.0 Å². The molecule has 0 radical (unpaired) electrons. The molecule has 1 atom stereocenters. The molecule has 1 aromatic heterocycles. The van der Waals surface area contributed by atoms with Gasteiger partial charge in [-0.25, -0.2) is 15.0 Å². The molecule has 1 unspecified atom stereocenters. The maximum Gasteiger partial charge on any atom is 0.167 e. The van der Waals surface area contributed by atoms with Crippen molar-refractivity contribution in [3.63, 3.8) is 0 Å². The number of phenolic OH excluding ortho intramolecular Hbond substituents is 1. The molecule has 0 saturated heterocycles. The van der Waals surface area contributed by atoms with Gasteiger partial charge in [-0.3, -0.25) is 0 Å². The summed E-state index contributed by atoms with van der Waals surface area (Å²) in [6, 6.07) is 19.3. The van der Waals surface area contributed by atoms with Gasteiger partial charge in [0.2, 0.25) is 0 Å². The third-order valence-electron chi connectivity index (χ3n) is 6.47. The minimum atomic E-state index is -0.0104. The van der Waals surface area contributed by atoms with E-state index >= 15 is 0 Å². The van der Waals surface area contributed by atoms with E-state index in [4.69, 9.17) is 9.47 Å². The number of hydrogen-bond acceptors (Lipinski definition) is 8. The number of ether oxygens (including phenoxy) is 2. The van der Waals surface area contributed by atoms with Gasteiger partial charge in [0.1, 0.15) is 22.9 Å². The molecule has 38 heavy (non-hydrogen) atoms. The molecule has 8 heteroatoms. The highest BCUT2D eigenvalue weighted by Crippen LogP contribution is 2.35. The summed E-state index contributed by atoms with van der Waals surface area (Å²) in [5.41, 5.74) is 1.83. The Hall–Kier alpha value is -4.33. The van der Waals surface area contributed by atoms with Crippen LogP contribution in [0.3, 0.4) is 0 Å². The van der Waals surface area contributed by atoms with Crippen molar-refractivity contribution in [2.24, 2.45) is 11.1 Å². The van der Waals surface area contributed by atoms with Gasteiger partial charge in [0.15, 0.2) is 17.5 Å². The number of rotatable bonds is 12. The van der Waals surface area contributed by atoms with E-state index in [-0.39, 0.29) is 23.1 Å². The minimum absolute atomic E-state index is 0.0104. The van der Waals surface area contributed by atoms with Crippen molar-refractivity contribution in [1.82, 2.24) is 15.0 Å². The fourth-order valence-electron chi connectivity index (χ4n) is 4.13. The maximum absolute atomic E-state index is 11.5. The summed E-state index contributed by atoms with van der Waals surface area (Å²) in [4.78, 5) is 25.4. The van der Waals surface area contributed by atoms with Crippen LogP contribution in [0.1, 0.15) is 39.5 Å². The summed E-state index contributed by atoms with van der Waals surface area (Å²) in [5.74, 6) is 2.67. The third-order valence-corrected chi connectivity index (χ3v) is 6.47. The average Bonchev–Trinajstić information content (AvgIpc) is 2.97. The molecule has 0 saturated carbocycles. The zero-order valence-electron chi connectivity index (χ0n) is 21.9. The Morgan fingerprint density at radius 3 is 2.21 bits per heavy atom. The molecule has 0 fully saturated rings. The standard InChI is InChI=1S/C30H32N4O4/c1-4-6-9-20(5-2)19-38-23-16-17-25(27(35)18-23)30-32-28(21-12-14-22(37-3)15-13-21)31-29(33-30)24-10-7-8-11-26(24)34-36/h7-8,10-18,20,35H,4-6,9,19H2,1-3H3. The molecule has 0 amide bonds. The first kappa shape index (κ1) is 26.7. The fraction of sp³-hybridized carbons (Fsp3) is 0.300. The number of aromatic nitrogens is 3. The maximum atomic E-state index is 11.5. The molecule has 0 aliphatic heterocycles. The highest BCUT2D eigenvalue weighted by molar-refractivity contribution is 5.75. The van der Waals surface area contributed by atoms with E-state index in [1.807, 2.05) is 24.3 Å². The predicted molar refractivity (Wildman–Crippen MR) is 149 cm³/mol. The van der Waals surface area contributed by atoms with Gasteiger partial charge >= 0.3 is 0 Å². The molecular weight excluding hydrogens is 480 g/mol. The first-order chi connectivity index (χ1) is 18.6. The molecule has 3 aromatic carbocycles. The Kier molecular flexibility index (Phi) is 8.98. The number of phenols is 1. The quantitative estimate of drug-likeness (QED) is 0.195. The lowest BCUT2D eigenvalue weighted by atomic mass is 10.0. The van der Waals surface area contributed by atoms with Crippen LogP contribution in [-0.4, -0.2) is 33.8 Å². The molecule has 4 aromatic rings. The van der Waals surface area contributed by atoms with Gasteiger partial charge in [-0.2, -0.15) is 0 Å². The monoisotopic (exact) mass is 512 g/mol. The molecular formula is C30H32N4O4. The third kappa shape index (κ3) is 6.32. The molecule has 1 N–H and O–H groups in total. The SMILES string of the molecule is CCCCC(CC)COc1ccc(-c2nc(-c3ccc(OC)cc3)nc(-c3ccccc3N=O)n2)c(O)c1. The van der Waals surface area contributed by atoms with Gasteiger partial charge in [0.05, 0.1) is 19.3 Å². The van der Waals surface area contributed by atoms with E-state index in [0.29, 0.717) is 41.0 Å². The van der Waals surface area contributed by atoms with Crippen LogP contribution >= 0.6 is 0 Å². The highest BCUT2D eigenvalue weighted by Gasteiger charge is 2.17. The van der Waals surface area contributed by atoms with Crippen molar-refractivity contribution in [3.05, 3.63) is 71.6 Å². The van der Waals surface area contributed by atoms with Gasteiger partial charge < -0.3 is 14.6 Å². The second kappa shape index (κ2) is 12.8. The number of nitroso groups, excluding NO2 is 1. The summed E-state index contributed by atoms with van der Waals surface area (Å²) < 4.78 is 11.3. The average molecular weight is 513 g/mol. The van der Waals surface area contributed by atoms with Crippen molar-refractivity contribution < 1.29 is 14.6 Å². The van der Waals surface area contributed by atoms with Crippen molar-refractivity contribution >= 4 is 5.69 Å². The molecule has 0 spiro atoms. The topological polar surface area (TPSA) is 107 Å². The van der Waals surface area contributed by atoms with Crippen LogP contribution in [0.25, 0.3) is 34.2 Å². The Morgan fingerprint density at radius 2 is 1.55 bits per heavy atom. The molecule has 0 aliphatic rings. The Bertz CT molecular complexity index is 1380. The van der Waals surface area contributed by atoms with Crippen LogP contribution in [0.2, 0.25) is 0 Å². The van der Waals surface area contributed by atoms with Gasteiger partial charge in [-0.1, -0.05) is 45.2 Å². The van der Waals surface area contributed by atoms with E-state index < -0.39 is 0 Å². The van der Waals surface area contributed by atoms with Crippen molar-refractivity contribution in [3.8, 4) is 51.4 Å². The van der Waals surface area contributed by atoms with Crippen LogP contribution in [0.4, 0.5) is 5.69 Å². The molecule has 1 heterocycles. The number of unbranched alkanes of at least 4 members (excludes halogenated alkanes) is 1. The van der Waals surface area contributed by atoms with Gasteiger partial charge in [0.25, 0.3) is 0 Å². The van der Waals surface area contributed by atoms with Crippen LogP contribution < -0.4 is 9.47 Å². The van der Waals surface area contributed by atoms with Crippen molar-refractivity contribution in [1.29, 1.82) is 0 Å². The highest BCUT2D eigenvalue weighted by atomic mass is 16.5. The zero-order valence-corrected chi connectivity index (χ0v) is 21.9. The minimum Gasteiger partial charge on any atom is -0.507 e. The largest absolute Gasteiger partial charge is 0.507 e. The smallest absolute Gasteiger partial charge is 0.167 e.